The zero-order chi connectivity index (χ0) is 14.0. The lowest BCUT2D eigenvalue weighted by Crippen LogP contribution is -2.23. The first kappa shape index (κ1) is 13.8. The fraction of sp³-hybridized carbons (Fsp3) is 0.438. The largest absolute Gasteiger partial charge is 0.453 e. The average molecular weight is 260 g/mol. The molecule has 0 aliphatic carbocycles. The topological polar surface area (TPSA) is 39.4 Å². The van der Waals surface area contributed by atoms with Gasteiger partial charge in [-0.3, -0.25) is 4.79 Å². The van der Waals surface area contributed by atoms with E-state index in [2.05, 4.69) is 0 Å². The van der Waals surface area contributed by atoms with Gasteiger partial charge in [0, 0.05) is 18.9 Å². The Labute approximate surface area is 113 Å². The van der Waals surface area contributed by atoms with E-state index in [1.807, 2.05) is 45.0 Å². The smallest absolute Gasteiger partial charge is 0.198 e. The Morgan fingerprint density at radius 2 is 2.05 bits per heavy atom. The average Bonchev–Trinajstić information content (AvgIpc) is 2.79. The second-order valence-corrected chi connectivity index (χ2v) is 5.54. The Hall–Kier alpha value is -1.61. The number of hydrogen-bond acceptors (Lipinski definition) is 3. The van der Waals surface area contributed by atoms with Crippen molar-refractivity contribution in [2.75, 3.05) is 7.11 Å². The maximum atomic E-state index is 12.1. The summed E-state index contributed by atoms with van der Waals surface area (Å²) in [6.45, 7) is 5.97. The summed E-state index contributed by atoms with van der Waals surface area (Å²) in [6, 6.07) is 7.73. The van der Waals surface area contributed by atoms with Crippen LogP contribution >= 0.6 is 0 Å². The third-order valence-electron chi connectivity index (χ3n) is 3.45. The molecule has 0 aliphatic heterocycles. The zero-order valence-electron chi connectivity index (χ0n) is 11.9. The molecule has 0 atom stereocenters. The van der Waals surface area contributed by atoms with Gasteiger partial charge in [0.2, 0.25) is 0 Å². The highest BCUT2D eigenvalue weighted by atomic mass is 16.5. The molecule has 0 unspecified atom stereocenters. The van der Waals surface area contributed by atoms with Gasteiger partial charge < -0.3 is 9.15 Å². The summed E-state index contributed by atoms with van der Waals surface area (Å²) in [5.41, 5.74) is 1.64. The number of ketones is 1. The quantitative estimate of drug-likeness (QED) is 0.759. The number of benzene rings is 1. The number of Topliss-reactive ketones (excluding diaryl/α,β-unsaturated/α-hetero) is 1. The van der Waals surface area contributed by atoms with Crippen LogP contribution < -0.4 is 0 Å². The molecule has 0 radical (unpaired) electrons. The fourth-order valence-corrected chi connectivity index (χ4v) is 1.94. The van der Waals surface area contributed by atoms with Crippen LogP contribution in [-0.4, -0.2) is 18.5 Å². The molecule has 1 aromatic carbocycles. The van der Waals surface area contributed by atoms with Crippen molar-refractivity contribution in [2.24, 2.45) is 0 Å². The molecule has 0 N–H and O–H groups in total. The number of methoxy groups -OCH3 is 1. The number of rotatable bonds is 5. The number of fused-ring (bicyclic) bond motifs is 1. The van der Waals surface area contributed by atoms with Crippen LogP contribution in [0.25, 0.3) is 11.0 Å². The van der Waals surface area contributed by atoms with E-state index in [1.54, 1.807) is 7.11 Å². The molecular formula is C16H20O3. The molecule has 2 aromatic rings. The van der Waals surface area contributed by atoms with Gasteiger partial charge in [-0.05, 0) is 45.4 Å². The molecule has 0 amide bonds. The number of carbonyl (C=O) groups is 1. The van der Waals surface area contributed by atoms with Gasteiger partial charge in [0.1, 0.15) is 5.58 Å². The lowest BCUT2D eigenvalue weighted by atomic mass is 10.00. The van der Waals surface area contributed by atoms with Crippen LogP contribution in [0.3, 0.4) is 0 Å². The monoisotopic (exact) mass is 260 g/mol. The van der Waals surface area contributed by atoms with Crippen molar-refractivity contribution in [3.05, 3.63) is 35.6 Å². The van der Waals surface area contributed by atoms with Crippen LogP contribution in [0.2, 0.25) is 0 Å². The van der Waals surface area contributed by atoms with E-state index < -0.39 is 0 Å². The minimum atomic E-state index is -0.280. The van der Waals surface area contributed by atoms with Crippen molar-refractivity contribution < 1.29 is 13.9 Å². The summed E-state index contributed by atoms with van der Waals surface area (Å²) >= 11 is 0. The Kier molecular flexibility index (Phi) is 3.76. The molecule has 0 aliphatic rings. The number of carbonyl (C=O) groups excluding carboxylic acids is 1. The molecule has 1 aromatic heterocycles. The van der Waals surface area contributed by atoms with Gasteiger partial charge >= 0.3 is 0 Å². The number of hydrogen-bond donors (Lipinski definition) is 0. The van der Waals surface area contributed by atoms with Crippen LogP contribution in [0.1, 0.15) is 42.8 Å². The predicted octanol–water partition coefficient (Wildman–Crippen LogP) is 4.13. The van der Waals surface area contributed by atoms with Gasteiger partial charge in [0.05, 0.1) is 5.60 Å². The first-order valence-electron chi connectivity index (χ1n) is 6.50. The van der Waals surface area contributed by atoms with Crippen LogP contribution in [0.4, 0.5) is 0 Å². The second kappa shape index (κ2) is 5.17. The molecule has 102 valence electrons. The third-order valence-corrected chi connectivity index (χ3v) is 3.45. The molecular weight excluding hydrogens is 240 g/mol. The third kappa shape index (κ3) is 3.24. The Bertz CT molecular complexity index is 593. The molecule has 19 heavy (non-hydrogen) atoms. The first-order chi connectivity index (χ1) is 8.91. The predicted molar refractivity (Wildman–Crippen MR) is 75.6 cm³/mol. The molecule has 1 heterocycles. The fourth-order valence-electron chi connectivity index (χ4n) is 1.94. The van der Waals surface area contributed by atoms with Crippen molar-refractivity contribution in [3.8, 4) is 0 Å². The molecule has 0 fully saturated rings. The Morgan fingerprint density at radius 1 is 1.32 bits per heavy atom. The molecule has 2 rings (SSSR count). The van der Waals surface area contributed by atoms with E-state index in [0.717, 1.165) is 16.5 Å². The van der Waals surface area contributed by atoms with Crippen LogP contribution in [-0.2, 0) is 4.74 Å². The van der Waals surface area contributed by atoms with E-state index in [0.29, 0.717) is 18.6 Å². The van der Waals surface area contributed by atoms with Crippen LogP contribution in [0.15, 0.2) is 28.7 Å². The van der Waals surface area contributed by atoms with Crippen LogP contribution in [0, 0.1) is 6.92 Å². The maximum absolute atomic E-state index is 12.1. The van der Waals surface area contributed by atoms with E-state index in [1.165, 1.54) is 0 Å². The molecule has 0 saturated carbocycles. The lowest BCUT2D eigenvalue weighted by Gasteiger charge is -2.21. The van der Waals surface area contributed by atoms with E-state index in [9.17, 15) is 4.79 Å². The molecule has 0 saturated heterocycles. The van der Waals surface area contributed by atoms with Crippen molar-refractivity contribution >= 4 is 16.8 Å². The summed E-state index contributed by atoms with van der Waals surface area (Å²) in [5, 5.41) is 0.981. The second-order valence-electron chi connectivity index (χ2n) is 5.54. The summed E-state index contributed by atoms with van der Waals surface area (Å²) in [7, 11) is 1.66. The van der Waals surface area contributed by atoms with Gasteiger partial charge in [-0.15, -0.1) is 0 Å². The summed E-state index contributed by atoms with van der Waals surface area (Å²) in [6.07, 6.45) is 1.11. The highest BCUT2D eigenvalue weighted by molar-refractivity contribution is 5.97. The van der Waals surface area contributed by atoms with Crippen molar-refractivity contribution in [3.63, 3.8) is 0 Å². The van der Waals surface area contributed by atoms with Gasteiger partial charge in [0.25, 0.3) is 0 Å². The van der Waals surface area contributed by atoms with Crippen molar-refractivity contribution in [1.29, 1.82) is 0 Å². The molecule has 0 spiro atoms. The van der Waals surface area contributed by atoms with Crippen LogP contribution in [0.5, 0.6) is 0 Å². The number of aryl methyl sites for hydroxylation is 1. The van der Waals surface area contributed by atoms with E-state index in [4.69, 9.17) is 9.15 Å². The maximum Gasteiger partial charge on any atom is 0.198 e. The minimum Gasteiger partial charge on any atom is -0.453 e. The lowest BCUT2D eigenvalue weighted by molar-refractivity contribution is 0.0140. The molecule has 3 nitrogen and oxygen atoms in total. The van der Waals surface area contributed by atoms with E-state index in [-0.39, 0.29) is 11.4 Å². The van der Waals surface area contributed by atoms with E-state index >= 15 is 0 Å². The van der Waals surface area contributed by atoms with Crippen molar-refractivity contribution in [2.45, 2.75) is 39.2 Å². The SMILES string of the molecule is COC(C)(C)CCC(=O)c1cc2cc(C)ccc2o1. The molecule has 0 bridgehead atoms. The number of ether oxygens (including phenoxy) is 1. The van der Waals surface area contributed by atoms with Crippen molar-refractivity contribution in [1.82, 2.24) is 0 Å². The molecule has 3 heteroatoms. The van der Waals surface area contributed by atoms with Gasteiger partial charge in [-0.25, -0.2) is 0 Å². The Morgan fingerprint density at radius 3 is 2.74 bits per heavy atom. The van der Waals surface area contributed by atoms with Gasteiger partial charge in [-0.2, -0.15) is 0 Å². The normalized spacial score (nSPS) is 12.0. The Balaban J connectivity index is 2.13. The highest BCUT2D eigenvalue weighted by Crippen LogP contribution is 2.23. The standard InChI is InChI=1S/C16H20O3/c1-11-5-6-14-12(9-11)10-15(19-14)13(17)7-8-16(2,3)18-4/h5-6,9-10H,7-8H2,1-4H3. The summed E-state index contributed by atoms with van der Waals surface area (Å²) in [4.78, 5) is 12.1. The number of furan rings is 1. The summed E-state index contributed by atoms with van der Waals surface area (Å²) in [5.74, 6) is 0.464. The van der Waals surface area contributed by atoms with Gasteiger partial charge in [0.15, 0.2) is 11.5 Å². The summed E-state index contributed by atoms with van der Waals surface area (Å²) < 4.78 is 10.9. The first-order valence-corrected chi connectivity index (χ1v) is 6.50. The highest BCUT2D eigenvalue weighted by Gasteiger charge is 2.20. The van der Waals surface area contributed by atoms with Gasteiger partial charge in [-0.1, -0.05) is 11.6 Å². The zero-order valence-corrected chi connectivity index (χ0v) is 11.9. The minimum absolute atomic E-state index is 0.0268.